The van der Waals surface area contributed by atoms with Crippen LogP contribution in [0.25, 0.3) is 16.3 Å². The Bertz CT molecular complexity index is 837. The second-order valence-corrected chi connectivity index (χ2v) is 7.20. The number of fused-ring (bicyclic) bond motifs is 1. The van der Waals surface area contributed by atoms with Gasteiger partial charge in [-0.05, 0) is 37.4 Å². The molecule has 27 heavy (non-hydrogen) atoms. The molecule has 6 nitrogen and oxygen atoms in total. The van der Waals surface area contributed by atoms with Crippen molar-refractivity contribution in [2.24, 2.45) is 0 Å². The van der Waals surface area contributed by atoms with Gasteiger partial charge in [0.15, 0.2) is 0 Å². The van der Waals surface area contributed by atoms with Crippen molar-refractivity contribution >= 4 is 27.6 Å². The van der Waals surface area contributed by atoms with Crippen molar-refractivity contribution in [1.29, 1.82) is 0 Å². The third kappa shape index (κ3) is 5.73. The average Bonchev–Trinajstić information content (AvgIpc) is 3.11. The van der Waals surface area contributed by atoms with E-state index in [-0.39, 0.29) is 18.8 Å². The van der Waals surface area contributed by atoms with E-state index in [0.29, 0.717) is 5.75 Å². The van der Waals surface area contributed by atoms with Crippen molar-refractivity contribution < 1.29 is 14.2 Å². The number of aliphatic hydroxyl groups is 1. The van der Waals surface area contributed by atoms with Crippen molar-refractivity contribution in [2.45, 2.75) is 18.3 Å². The summed E-state index contributed by atoms with van der Waals surface area (Å²) in [5.74, 6) is 6.82. The quantitative estimate of drug-likeness (QED) is 0.554. The third-order valence-corrected chi connectivity index (χ3v) is 5.03. The number of halogens is 1. The topological polar surface area (TPSA) is 78.4 Å². The number of nitrogens with one attached hydrogen (secondary N) is 3. The molecule has 1 aromatic heterocycles. The minimum Gasteiger partial charge on any atom is -0.491 e. The fourth-order valence-electron chi connectivity index (χ4n) is 2.55. The molecule has 3 atom stereocenters. The molecule has 1 aliphatic rings. The van der Waals surface area contributed by atoms with Gasteiger partial charge in [0.1, 0.15) is 30.1 Å². The van der Waals surface area contributed by atoms with Crippen LogP contribution in [0.4, 0.5) is 4.39 Å². The van der Waals surface area contributed by atoms with Gasteiger partial charge in [-0.2, -0.15) is 0 Å². The minimum absolute atomic E-state index is 0.0672. The maximum Gasteiger partial charge on any atom is 0.121 e. The molecule has 2 heterocycles. The Kier molecular flexibility index (Phi) is 7.15. The largest absolute Gasteiger partial charge is 0.491 e. The zero-order valence-corrected chi connectivity index (χ0v) is 15.9. The van der Waals surface area contributed by atoms with E-state index in [1.54, 1.807) is 12.1 Å². The van der Waals surface area contributed by atoms with Crippen LogP contribution >= 0.6 is 11.3 Å². The van der Waals surface area contributed by atoms with Gasteiger partial charge in [0, 0.05) is 13.1 Å². The predicted octanol–water partition coefficient (Wildman–Crippen LogP) is 1.13. The molecule has 1 aromatic carbocycles. The summed E-state index contributed by atoms with van der Waals surface area (Å²) in [6, 6.07) is 5.59. The molecule has 0 spiro atoms. The van der Waals surface area contributed by atoms with Crippen LogP contribution in [0.2, 0.25) is 0 Å². The van der Waals surface area contributed by atoms with Crippen LogP contribution in [0.5, 0.6) is 5.75 Å². The summed E-state index contributed by atoms with van der Waals surface area (Å²) in [7, 11) is 1.93. The summed E-state index contributed by atoms with van der Waals surface area (Å²) in [6.45, 7) is 0.751. The number of allylic oxidation sites excluding steroid dienone is 1. The normalized spacial score (nSPS) is 21.1. The van der Waals surface area contributed by atoms with Crippen LogP contribution in [-0.4, -0.2) is 61.8 Å². The average molecular weight is 390 g/mol. The number of rotatable bonds is 6. The van der Waals surface area contributed by atoms with Gasteiger partial charge in [-0.25, -0.2) is 9.37 Å². The number of thiazole rings is 1. The summed E-state index contributed by atoms with van der Waals surface area (Å²) in [6.07, 6.45) is 2.88. The Morgan fingerprint density at radius 1 is 1.48 bits per heavy atom. The Labute approximate surface area is 161 Å². The molecule has 2 aromatic rings. The molecule has 1 fully saturated rings. The van der Waals surface area contributed by atoms with Gasteiger partial charge in [0.05, 0.1) is 22.4 Å². The smallest absolute Gasteiger partial charge is 0.121 e. The van der Waals surface area contributed by atoms with Crippen LogP contribution in [0, 0.1) is 11.8 Å². The zero-order chi connectivity index (χ0) is 19.1. The molecule has 0 bridgehead atoms. The molecule has 0 aliphatic carbocycles. The second-order valence-electron chi connectivity index (χ2n) is 6.13. The van der Waals surface area contributed by atoms with E-state index in [2.05, 4.69) is 32.8 Å². The molecular weight excluding hydrogens is 367 g/mol. The molecule has 0 amide bonds. The van der Waals surface area contributed by atoms with Gasteiger partial charge >= 0.3 is 0 Å². The summed E-state index contributed by atoms with van der Waals surface area (Å²) >= 11 is 1.52. The first-order chi connectivity index (χ1) is 13.2. The van der Waals surface area contributed by atoms with Crippen LogP contribution in [-0.2, 0) is 0 Å². The summed E-state index contributed by atoms with van der Waals surface area (Å²) in [5.41, 5.74) is 0.863. The molecule has 8 heteroatoms. The number of alkyl halides is 1. The first-order valence-corrected chi connectivity index (χ1v) is 9.58. The molecule has 0 saturated carbocycles. The number of ether oxygens (including phenoxy) is 1. The Morgan fingerprint density at radius 2 is 2.37 bits per heavy atom. The molecule has 0 radical (unpaired) electrons. The summed E-state index contributed by atoms with van der Waals surface area (Å²) in [4.78, 5) is 4.53. The third-order valence-electron chi connectivity index (χ3n) is 4.05. The van der Waals surface area contributed by atoms with Gasteiger partial charge in [-0.3, -0.25) is 10.6 Å². The van der Waals surface area contributed by atoms with E-state index in [9.17, 15) is 9.50 Å². The van der Waals surface area contributed by atoms with Gasteiger partial charge < -0.3 is 15.2 Å². The van der Waals surface area contributed by atoms with E-state index in [1.807, 2.05) is 25.3 Å². The number of piperazine rings is 1. The lowest BCUT2D eigenvalue weighted by Gasteiger charge is -2.27. The number of aliphatic hydroxyl groups excluding tert-OH is 1. The maximum absolute atomic E-state index is 12.3. The van der Waals surface area contributed by atoms with Crippen LogP contribution in [0.15, 0.2) is 24.3 Å². The number of nitrogens with zero attached hydrogens (tertiary/aromatic N) is 1. The van der Waals surface area contributed by atoms with Gasteiger partial charge in [-0.15, -0.1) is 11.3 Å². The van der Waals surface area contributed by atoms with Gasteiger partial charge in [0.25, 0.3) is 0 Å². The van der Waals surface area contributed by atoms with E-state index in [1.165, 1.54) is 11.3 Å². The Balaban J connectivity index is 1.57. The highest BCUT2D eigenvalue weighted by Crippen LogP contribution is 2.27. The zero-order valence-electron chi connectivity index (χ0n) is 15.0. The van der Waals surface area contributed by atoms with Crippen molar-refractivity contribution in [3.63, 3.8) is 0 Å². The van der Waals surface area contributed by atoms with Crippen molar-refractivity contribution in [1.82, 2.24) is 20.9 Å². The van der Waals surface area contributed by atoms with E-state index in [0.717, 1.165) is 28.3 Å². The lowest BCUT2D eigenvalue weighted by Crippen LogP contribution is -2.58. The SMILES string of the molecule is CNC1CNC(C#C/C=C/c2nc3ccc(OCC(O)CF)cc3s2)CN1. The van der Waals surface area contributed by atoms with E-state index >= 15 is 0 Å². The number of aromatic nitrogens is 1. The second kappa shape index (κ2) is 9.78. The van der Waals surface area contributed by atoms with Crippen molar-refractivity contribution in [3.05, 3.63) is 29.3 Å². The summed E-state index contributed by atoms with van der Waals surface area (Å²) in [5, 5.41) is 20.0. The Morgan fingerprint density at radius 3 is 3.11 bits per heavy atom. The van der Waals surface area contributed by atoms with Crippen molar-refractivity contribution in [3.8, 4) is 17.6 Å². The molecular formula is C19H23FN4O2S. The fraction of sp³-hybridized carbons (Fsp3) is 0.421. The molecule has 1 aliphatic heterocycles. The summed E-state index contributed by atoms with van der Waals surface area (Å²) < 4.78 is 18.6. The highest BCUT2D eigenvalue weighted by atomic mass is 32.1. The molecule has 3 unspecified atom stereocenters. The lowest BCUT2D eigenvalue weighted by atomic mass is 10.2. The lowest BCUT2D eigenvalue weighted by molar-refractivity contribution is 0.0842. The maximum atomic E-state index is 12.3. The predicted molar refractivity (Wildman–Crippen MR) is 107 cm³/mol. The fourth-order valence-corrected chi connectivity index (χ4v) is 3.45. The van der Waals surface area contributed by atoms with Crippen LogP contribution < -0.4 is 20.7 Å². The number of hydrogen-bond acceptors (Lipinski definition) is 7. The molecule has 4 N–H and O–H groups in total. The monoisotopic (exact) mass is 390 g/mol. The van der Waals surface area contributed by atoms with Crippen LogP contribution in [0.3, 0.4) is 0 Å². The van der Waals surface area contributed by atoms with E-state index < -0.39 is 12.8 Å². The van der Waals surface area contributed by atoms with Crippen molar-refractivity contribution in [2.75, 3.05) is 33.4 Å². The number of hydrogen-bond donors (Lipinski definition) is 4. The first kappa shape index (κ1) is 19.7. The highest BCUT2D eigenvalue weighted by molar-refractivity contribution is 7.19. The standard InChI is InChI=1S/C19H23FN4O2S/c1-21-18-11-22-13(10-23-18)4-2-3-5-19-24-16-7-6-15(8-17(16)27-19)26-12-14(25)9-20/h3,5-8,13-14,18,21-23,25H,9-12H2,1H3/b5-3+. The highest BCUT2D eigenvalue weighted by Gasteiger charge is 2.15. The minimum atomic E-state index is -1.10. The molecule has 3 rings (SSSR count). The molecule has 144 valence electrons. The number of likely N-dealkylation sites (N-methyl/N-ethyl adjacent to an activating group) is 1. The van der Waals surface area contributed by atoms with Crippen LogP contribution in [0.1, 0.15) is 5.01 Å². The van der Waals surface area contributed by atoms with Gasteiger partial charge in [-0.1, -0.05) is 11.8 Å². The first-order valence-electron chi connectivity index (χ1n) is 8.77. The van der Waals surface area contributed by atoms with Gasteiger partial charge in [0.2, 0.25) is 0 Å². The number of benzene rings is 1. The molecule has 1 saturated heterocycles. The van der Waals surface area contributed by atoms with E-state index in [4.69, 9.17) is 4.74 Å². The Hall–Kier alpha value is -2.02.